The molecule has 0 radical (unpaired) electrons. The molecule has 140 valence electrons. The number of carbonyl (C=O) groups is 1. The lowest BCUT2D eigenvalue weighted by Gasteiger charge is -2.04. The first-order chi connectivity index (χ1) is 13.6. The van der Waals surface area contributed by atoms with E-state index in [4.69, 9.17) is 9.26 Å². The van der Waals surface area contributed by atoms with E-state index in [1.54, 1.807) is 24.3 Å². The van der Waals surface area contributed by atoms with Crippen LogP contribution in [0.1, 0.15) is 17.1 Å². The van der Waals surface area contributed by atoms with Gasteiger partial charge < -0.3 is 9.26 Å². The third-order valence-corrected chi connectivity index (χ3v) is 4.30. The van der Waals surface area contributed by atoms with Crippen LogP contribution in [-0.4, -0.2) is 26.3 Å². The molecule has 8 heteroatoms. The Labute approximate surface area is 159 Å². The highest BCUT2D eigenvalue weighted by Gasteiger charge is 2.15. The van der Waals surface area contributed by atoms with Crippen LogP contribution in [0.4, 0.5) is 0 Å². The summed E-state index contributed by atoms with van der Waals surface area (Å²) in [4.78, 5) is 28.3. The number of hydrogen-bond donors (Lipinski definition) is 1. The lowest BCUT2D eigenvalue weighted by Crippen LogP contribution is -2.15. The first kappa shape index (κ1) is 17.6. The van der Waals surface area contributed by atoms with E-state index in [-0.39, 0.29) is 24.5 Å². The van der Waals surface area contributed by atoms with E-state index in [0.717, 1.165) is 11.1 Å². The number of benzene rings is 2. The van der Waals surface area contributed by atoms with Gasteiger partial charge in [-0.3, -0.25) is 9.59 Å². The maximum atomic E-state index is 12.2. The zero-order valence-corrected chi connectivity index (χ0v) is 15.0. The smallest absolute Gasteiger partial charge is 0.312 e. The molecule has 0 unspecified atom stereocenters. The van der Waals surface area contributed by atoms with Crippen LogP contribution in [0.2, 0.25) is 0 Å². The first-order valence-corrected chi connectivity index (χ1v) is 8.62. The van der Waals surface area contributed by atoms with E-state index in [9.17, 15) is 9.59 Å². The minimum Gasteiger partial charge on any atom is -0.455 e. The summed E-state index contributed by atoms with van der Waals surface area (Å²) in [5.41, 5.74) is 2.00. The fourth-order valence-electron chi connectivity index (χ4n) is 2.88. The summed E-state index contributed by atoms with van der Waals surface area (Å²) in [6, 6.07) is 14.6. The molecule has 2 heterocycles. The van der Waals surface area contributed by atoms with Crippen molar-refractivity contribution in [2.45, 2.75) is 20.0 Å². The van der Waals surface area contributed by atoms with Gasteiger partial charge in [-0.15, -0.1) is 0 Å². The molecule has 0 atom stereocenters. The number of aryl methyl sites for hydroxylation is 1. The number of aromatic nitrogens is 4. The van der Waals surface area contributed by atoms with Gasteiger partial charge in [-0.05, 0) is 18.6 Å². The van der Waals surface area contributed by atoms with Crippen LogP contribution >= 0.6 is 0 Å². The number of hydrogen-bond acceptors (Lipinski definition) is 7. The molecule has 0 aliphatic carbocycles. The van der Waals surface area contributed by atoms with Crippen molar-refractivity contribution in [3.63, 3.8) is 0 Å². The average molecular weight is 376 g/mol. The van der Waals surface area contributed by atoms with Crippen molar-refractivity contribution in [1.82, 2.24) is 20.3 Å². The van der Waals surface area contributed by atoms with Crippen LogP contribution in [0.5, 0.6) is 0 Å². The normalized spacial score (nSPS) is 10.9. The SMILES string of the molecule is Cc1ccccc1-c1noc(COC(=O)Cc2n[nH]c(=O)c3ccccc23)n1. The number of rotatable bonds is 5. The third kappa shape index (κ3) is 3.52. The van der Waals surface area contributed by atoms with Crippen molar-refractivity contribution in [1.29, 1.82) is 0 Å². The summed E-state index contributed by atoms with van der Waals surface area (Å²) >= 11 is 0. The Balaban J connectivity index is 1.44. The molecule has 4 aromatic rings. The van der Waals surface area contributed by atoms with Crippen LogP contribution < -0.4 is 5.56 Å². The van der Waals surface area contributed by atoms with Gasteiger partial charge in [-0.2, -0.15) is 10.1 Å². The quantitative estimate of drug-likeness (QED) is 0.533. The van der Waals surface area contributed by atoms with Crippen LogP contribution in [-0.2, 0) is 22.6 Å². The number of H-pyrrole nitrogens is 1. The van der Waals surface area contributed by atoms with Gasteiger partial charge in [-0.1, -0.05) is 47.6 Å². The van der Waals surface area contributed by atoms with Crippen LogP contribution in [0.3, 0.4) is 0 Å². The predicted molar refractivity (Wildman–Crippen MR) is 100 cm³/mol. The van der Waals surface area contributed by atoms with Crippen molar-refractivity contribution in [2.75, 3.05) is 0 Å². The molecule has 1 N–H and O–H groups in total. The highest BCUT2D eigenvalue weighted by Crippen LogP contribution is 2.20. The predicted octanol–water partition coefficient (Wildman–Crippen LogP) is 2.57. The Bertz CT molecular complexity index is 1210. The average Bonchev–Trinajstić information content (AvgIpc) is 3.18. The van der Waals surface area contributed by atoms with Gasteiger partial charge in [0, 0.05) is 10.9 Å². The standard InChI is InChI=1S/C20H16N4O4/c1-12-6-2-3-7-13(12)19-21-17(28-24-19)11-27-18(25)10-16-14-8-4-5-9-15(14)20(26)23-22-16/h2-9H,10-11H2,1H3,(H,23,26). The van der Waals surface area contributed by atoms with Crippen LogP contribution in [0.15, 0.2) is 57.8 Å². The Kier molecular flexibility index (Phi) is 4.67. The van der Waals surface area contributed by atoms with Gasteiger partial charge in [0.15, 0.2) is 6.61 Å². The summed E-state index contributed by atoms with van der Waals surface area (Å²) < 4.78 is 10.4. The van der Waals surface area contributed by atoms with E-state index >= 15 is 0 Å². The number of esters is 1. The molecular formula is C20H16N4O4. The maximum Gasteiger partial charge on any atom is 0.312 e. The molecule has 0 aliphatic rings. The molecule has 0 fully saturated rings. The van der Waals surface area contributed by atoms with E-state index in [0.29, 0.717) is 22.3 Å². The second-order valence-electron chi connectivity index (χ2n) is 6.21. The Hall–Kier alpha value is -3.81. The highest BCUT2D eigenvalue weighted by molar-refractivity contribution is 5.86. The fourth-order valence-corrected chi connectivity index (χ4v) is 2.88. The van der Waals surface area contributed by atoms with Gasteiger partial charge in [0.1, 0.15) is 0 Å². The van der Waals surface area contributed by atoms with Crippen molar-refractivity contribution in [2.24, 2.45) is 0 Å². The second kappa shape index (κ2) is 7.43. The minimum absolute atomic E-state index is 0.0872. The largest absolute Gasteiger partial charge is 0.455 e. The number of nitrogens with zero attached hydrogens (tertiary/aromatic N) is 3. The maximum absolute atomic E-state index is 12.2. The van der Waals surface area contributed by atoms with Gasteiger partial charge in [0.05, 0.1) is 17.5 Å². The van der Waals surface area contributed by atoms with Crippen molar-refractivity contribution in [3.8, 4) is 11.4 Å². The molecule has 0 spiro atoms. The molecule has 0 aliphatic heterocycles. The number of aromatic amines is 1. The van der Waals surface area contributed by atoms with E-state index < -0.39 is 5.97 Å². The Morgan fingerprint density at radius 2 is 1.86 bits per heavy atom. The molecule has 0 amide bonds. The van der Waals surface area contributed by atoms with Crippen LogP contribution in [0.25, 0.3) is 22.2 Å². The molecule has 8 nitrogen and oxygen atoms in total. The molecule has 0 saturated carbocycles. The molecular weight excluding hydrogens is 360 g/mol. The van der Waals surface area contributed by atoms with E-state index in [2.05, 4.69) is 20.3 Å². The van der Waals surface area contributed by atoms with Gasteiger partial charge >= 0.3 is 5.97 Å². The summed E-state index contributed by atoms with van der Waals surface area (Å²) in [6.07, 6.45) is -0.0872. The topological polar surface area (TPSA) is 111 Å². The lowest BCUT2D eigenvalue weighted by atomic mass is 10.1. The number of ether oxygens (including phenoxy) is 1. The second-order valence-corrected chi connectivity index (χ2v) is 6.21. The summed E-state index contributed by atoms with van der Waals surface area (Å²) in [6.45, 7) is 1.81. The monoisotopic (exact) mass is 376 g/mol. The van der Waals surface area contributed by atoms with Crippen molar-refractivity contribution < 1.29 is 14.1 Å². The Morgan fingerprint density at radius 1 is 1.11 bits per heavy atom. The third-order valence-electron chi connectivity index (χ3n) is 4.30. The molecule has 0 saturated heterocycles. The van der Waals surface area contributed by atoms with Crippen molar-refractivity contribution in [3.05, 3.63) is 76.0 Å². The zero-order chi connectivity index (χ0) is 19.5. The fraction of sp³-hybridized carbons (Fsp3) is 0.150. The van der Waals surface area contributed by atoms with E-state index in [1.165, 1.54) is 0 Å². The number of nitrogens with one attached hydrogen (secondary N) is 1. The molecule has 4 rings (SSSR count). The molecule has 0 bridgehead atoms. The van der Waals surface area contributed by atoms with Crippen molar-refractivity contribution >= 4 is 16.7 Å². The Morgan fingerprint density at radius 3 is 2.68 bits per heavy atom. The zero-order valence-electron chi connectivity index (χ0n) is 15.0. The molecule has 28 heavy (non-hydrogen) atoms. The first-order valence-electron chi connectivity index (χ1n) is 8.62. The summed E-state index contributed by atoms with van der Waals surface area (Å²) in [5.74, 6) is 0.128. The van der Waals surface area contributed by atoms with E-state index in [1.807, 2.05) is 31.2 Å². The minimum atomic E-state index is -0.514. The molecule has 2 aromatic carbocycles. The molecule has 2 aromatic heterocycles. The van der Waals surface area contributed by atoms with Crippen LogP contribution in [0, 0.1) is 6.92 Å². The number of carbonyl (C=O) groups excluding carboxylic acids is 1. The van der Waals surface area contributed by atoms with Gasteiger partial charge in [0.2, 0.25) is 5.82 Å². The summed E-state index contributed by atoms with van der Waals surface area (Å²) in [5, 5.41) is 11.4. The number of fused-ring (bicyclic) bond motifs is 1. The van der Waals surface area contributed by atoms with Gasteiger partial charge in [0.25, 0.3) is 11.4 Å². The summed E-state index contributed by atoms with van der Waals surface area (Å²) in [7, 11) is 0. The highest BCUT2D eigenvalue weighted by atomic mass is 16.6. The van der Waals surface area contributed by atoms with Gasteiger partial charge in [-0.25, -0.2) is 5.10 Å². The lowest BCUT2D eigenvalue weighted by molar-refractivity contribution is -0.144.